The van der Waals surface area contributed by atoms with E-state index in [1.165, 1.54) is 18.2 Å². The predicted octanol–water partition coefficient (Wildman–Crippen LogP) is 2.16. The van der Waals surface area contributed by atoms with Crippen LogP contribution in [0, 0.1) is 11.2 Å². The van der Waals surface area contributed by atoms with E-state index in [4.69, 9.17) is 11.5 Å². The number of hydrogen-bond donors (Lipinski definition) is 2. The van der Waals surface area contributed by atoms with Crippen molar-refractivity contribution in [2.75, 3.05) is 13.6 Å². The summed E-state index contributed by atoms with van der Waals surface area (Å²) in [6.45, 7) is -1.88. The minimum absolute atomic E-state index is 0.0324. The molecule has 0 bridgehead atoms. The summed E-state index contributed by atoms with van der Waals surface area (Å²) in [5.41, 5.74) is 8.85. The van der Waals surface area contributed by atoms with Gasteiger partial charge >= 0.3 is 18.2 Å². The van der Waals surface area contributed by atoms with Crippen LogP contribution < -0.4 is 11.5 Å². The van der Waals surface area contributed by atoms with E-state index in [1.807, 2.05) is 0 Å². The van der Waals surface area contributed by atoms with E-state index in [0.29, 0.717) is 28.2 Å². The highest BCUT2D eigenvalue weighted by atomic mass is 19.4. The van der Waals surface area contributed by atoms with Crippen molar-refractivity contribution in [3.8, 4) is 0 Å². The number of rotatable bonds is 4. The largest absolute Gasteiger partial charge is 0.406 e. The van der Waals surface area contributed by atoms with Gasteiger partial charge in [-0.2, -0.15) is 13.2 Å². The van der Waals surface area contributed by atoms with Gasteiger partial charge < -0.3 is 16.4 Å². The van der Waals surface area contributed by atoms with Gasteiger partial charge in [0.1, 0.15) is 29.3 Å². The Kier molecular flexibility index (Phi) is 6.54. The maximum atomic E-state index is 13.7. The number of likely N-dealkylation sites (N-methyl/N-ethyl adjacent to an activating group) is 1. The summed E-state index contributed by atoms with van der Waals surface area (Å²) < 4.78 is 53.5. The molecule has 2 spiro atoms. The van der Waals surface area contributed by atoms with E-state index in [0.717, 1.165) is 22.9 Å². The number of nitrogens with two attached hydrogens (primary N) is 2. The molecule has 4 fully saturated rings. The van der Waals surface area contributed by atoms with Crippen LogP contribution in [0.5, 0.6) is 0 Å². The van der Waals surface area contributed by atoms with Gasteiger partial charge in [0.2, 0.25) is 0 Å². The SMILES string of the molecule is CN1C(=O)N(CC(F)(F)F)C2(CC3(CCC(N4C(=O)C(=C(N)N)C(=O)N(Cc5cccc(F)c5)C4=O)CC3)C2)C1=O. The van der Waals surface area contributed by atoms with Crippen LogP contribution in [0.1, 0.15) is 44.1 Å². The van der Waals surface area contributed by atoms with E-state index in [9.17, 15) is 41.5 Å². The van der Waals surface area contributed by atoms with Gasteiger partial charge in [-0.15, -0.1) is 0 Å². The summed E-state index contributed by atoms with van der Waals surface area (Å²) in [5, 5.41) is 0. The monoisotopic (exact) mass is 580 g/mol. The lowest BCUT2D eigenvalue weighted by atomic mass is 9.51. The molecule has 220 valence electrons. The average molecular weight is 581 g/mol. The Morgan fingerprint density at radius 1 is 1.00 bits per heavy atom. The average Bonchev–Trinajstić information content (AvgIpc) is 3.03. The van der Waals surface area contributed by atoms with Crippen molar-refractivity contribution in [1.29, 1.82) is 0 Å². The number of carbonyl (C=O) groups is 5. The Hall–Kier alpha value is -4.17. The van der Waals surface area contributed by atoms with Crippen molar-refractivity contribution < 1.29 is 41.5 Å². The maximum absolute atomic E-state index is 13.7. The van der Waals surface area contributed by atoms with Gasteiger partial charge in [0.15, 0.2) is 0 Å². The molecule has 15 heteroatoms. The van der Waals surface area contributed by atoms with Gasteiger partial charge in [0.05, 0.1) is 6.54 Å². The summed E-state index contributed by atoms with van der Waals surface area (Å²) in [5.74, 6) is -3.81. The summed E-state index contributed by atoms with van der Waals surface area (Å²) in [4.78, 5) is 68.1. The topological polar surface area (TPSA) is 150 Å². The van der Waals surface area contributed by atoms with Crippen LogP contribution in [0.2, 0.25) is 0 Å². The van der Waals surface area contributed by atoms with Crippen LogP contribution in [0.25, 0.3) is 0 Å². The molecule has 2 saturated carbocycles. The first-order chi connectivity index (χ1) is 19.1. The highest BCUT2D eigenvalue weighted by Crippen LogP contribution is 2.61. The zero-order valence-electron chi connectivity index (χ0n) is 22.0. The van der Waals surface area contributed by atoms with Crippen molar-refractivity contribution >= 4 is 29.8 Å². The minimum atomic E-state index is -4.69. The van der Waals surface area contributed by atoms with Crippen LogP contribution in [0.4, 0.5) is 27.2 Å². The van der Waals surface area contributed by atoms with Crippen LogP contribution in [0.15, 0.2) is 35.7 Å². The molecule has 0 atom stereocenters. The number of benzene rings is 1. The normalized spacial score (nSPS) is 28.9. The van der Waals surface area contributed by atoms with Gasteiger partial charge in [0.25, 0.3) is 17.7 Å². The van der Waals surface area contributed by atoms with Gasteiger partial charge in [-0.3, -0.25) is 29.1 Å². The standard InChI is InChI=1S/C26H28F4N6O5/c1-33-21(39)25(35(22(33)40)13-26(28,29)30)11-24(12-25)7-5-16(6-8-24)36-20(38)17(18(31)32)19(37)34(23(36)41)10-14-3-2-4-15(27)9-14/h2-4,9,16H,5-8,10-13,31-32H2,1H3. The van der Waals surface area contributed by atoms with E-state index in [2.05, 4.69) is 0 Å². The van der Waals surface area contributed by atoms with Crippen molar-refractivity contribution in [3.05, 3.63) is 47.0 Å². The Morgan fingerprint density at radius 2 is 1.63 bits per heavy atom. The molecular weight excluding hydrogens is 552 g/mol. The van der Waals surface area contributed by atoms with Crippen LogP contribution in [0.3, 0.4) is 0 Å². The van der Waals surface area contributed by atoms with Crippen molar-refractivity contribution in [1.82, 2.24) is 19.6 Å². The first-order valence-electron chi connectivity index (χ1n) is 12.9. The fraction of sp³-hybridized carbons (Fsp3) is 0.500. The molecule has 11 nitrogen and oxygen atoms in total. The number of imide groups is 3. The molecule has 0 radical (unpaired) electrons. The third kappa shape index (κ3) is 4.56. The molecule has 5 rings (SSSR count). The molecule has 7 amide bonds. The molecule has 2 saturated heterocycles. The Bertz CT molecular complexity index is 1370. The Labute approximate surface area is 231 Å². The Morgan fingerprint density at radius 3 is 2.20 bits per heavy atom. The number of amides is 7. The molecule has 0 aromatic heterocycles. The summed E-state index contributed by atoms with van der Waals surface area (Å²) in [6, 6.07) is 2.64. The van der Waals surface area contributed by atoms with Crippen LogP contribution in [-0.2, 0) is 20.9 Å². The van der Waals surface area contributed by atoms with E-state index >= 15 is 0 Å². The summed E-state index contributed by atoms with van der Waals surface area (Å²) in [6.07, 6.45) is -3.42. The smallest absolute Gasteiger partial charge is 0.385 e. The molecule has 1 aromatic carbocycles. The van der Waals surface area contributed by atoms with Crippen LogP contribution in [-0.4, -0.2) is 80.7 Å². The van der Waals surface area contributed by atoms with Crippen molar-refractivity contribution in [3.63, 3.8) is 0 Å². The maximum Gasteiger partial charge on any atom is 0.406 e. The van der Waals surface area contributed by atoms with Gasteiger partial charge in [-0.25, -0.2) is 14.0 Å². The number of halogens is 4. The number of hydrogen-bond acceptors (Lipinski definition) is 7. The first kappa shape index (κ1) is 28.4. The van der Waals surface area contributed by atoms with Crippen molar-refractivity contribution in [2.45, 2.75) is 62.8 Å². The van der Waals surface area contributed by atoms with Gasteiger partial charge in [-0.1, -0.05) is 12.1 Å². The lowest BCUT2D eigenvalue weighted by molar-refractivity contribution is -0.173. The summed E-state index contributed by atoms with van der Waals surface area (Å²) >= 11 is 0. The number of carbonyl (C=O) groups excluding carboxylic acids is 5. The number of alkyl halides is 3. The third-order valence-electron chi connectivity index (χ3n) is 8.64. The minimum Gasteiger partial charge on any atom is -0.385 e. The molecule has 1 aromatic rings. The highest BCUT2D eigenvalue weighted by Gasteiger charge is 2.69. The molecule has 4 aliphatic rings. The predicted molar refractivity (Wildman–Crippen MR) is 132 cm³/mol. The fourth-order valence-corrected chi connectivity index (χ4v) is 6.81. The number of urea groups is 2. The molecule has 0 unspecified atom stereocenters. The molecule has 2 aliphatic heterocycles. The third-order valence-corrected chi connectivity index (χ3v) is 8.64. The summed E-state index contributed by atoms with van der Waals surface area (Å²) in [7, 11) is 1.16. The van der Waals surface area contributed by atoms with Crippen molar-refractivity contribution in [2.24, 2.45) is 16.9 Å². The molecule has 2 heterocycles. The van der Waals surface area contributed by atoms with Gasteiger partial charge in [-0.05, 0) is 61.6 Å². The van der Waals surface area contributed by atoms with Gasteiger partial charge in [0, 0.05) is 13.1 Å². The van der Waals surface area contributed by atoms with E-state index < -0.39 is 76.7 Å². The zero-order valence-corrected chi connectivity index (χ0v) is 22.0. The molecule has 4 N–H and O–H groups in total. The second-order valence-electron chi connectivity index (χ2n) is 11.3. The second-order valence-corrected chi connectivity index (χ2v) is 11.3. The quantitative estimate of drug-likeness (QED) is 0.240. The molecule has 2 aliphatic carbocycles. The first-order valence-corrected chi connectivity index (χ1v) is 12.9. The Balaban J connectivity index is 1.34. The van der Waals surface area contributed by atoms with E-state index in [-0.39, 0.29) is 32.2 Å². The molecule has 41 heavy (non-hydrogen) atoms. The zero-order chi connectivity index (χ0) is 30.1. The lowest BCUT2D eigenvalue weighted by Gasteiger charge is -2.59. The van der Waals surface area contributed by atoms with E-state index in [1.54, 1.807) is 0 Å². The molecular formula is C26H28F4N6O5. The highest BCUT2D eigenvalue weighted by molar-refractivity contribution is 6.29. The van der Waals surface area contributed by atoms with Crippen LogP contribution >= 0.6 is 0 Å². The fourth-order valence-electron chi connectivity index (χ4n) is 6.81. The lowest BCUT2D eigenvalue weighted by Crippen LogP contribution is -2.66. The number of barbiturate groups is 1. The number of nitrogens with zero attached hydrogens (tertiary/aromatic N) is 4. The second kappa shape index (κ2) is 9.45.